The molecule has 0 aliphatic rings. The minimum Gasteiger partial charge on any atom is -0.450 e. The molecule has 0 aromatic rings. The Morgan fingerprint density at radius 3 is 2.67 bits per heavy atom. The van der Waals surface area contributed by atoms with Crippen LogP contribution in [-0.4, -0.2) is 43.6 Å². The number of ether oxygens (including phenoxy) is 2. The molecule has 0 aromatic carbocycles. The molecule has 0 saturated carbocycles. The Morgan fingerprint density at radius 2 is 2.00 bits per heavy atom. The number of nitrogens with zero attached hydrogens (tertiary/aromatic N) is 1. The second-order valence-electron chi connectivity index (χ2n) is 4.09. The topological polar surface area (TPSA) is 143 Å². The maximum Gasteiger partial charge on any atom is 0.407 e. The number of amides is 1. The van der Waals surface area contributed by atoms with Crippen molar-refractivity contribution >= 4 is 12.6 Å². The fourth-order valence-electron chi connectivity index (χ4n) is 1.36. The van der Waals surface area contributed by atoms with E-state index in [9.17, 15) is 19.7 Å². The summed E-state index contributed by atoms with van der Waals surface area (Å²) in [5, 5.41) is 11.5. The lowest BCUT2D eigenvalue weighted by atomic mass is 10.2. The minimum absolute atomic E-state index is 0.0128. The number of unbranched alkanes of at least 4 members (excludes halogenated alkanes) is 2. The zero-order chi connectivity index (χ0) is 15.9. The molecule has 0 aliphatic carbocycles. The molecular weight excluding hydrogens is 286 g/mol. The van der Waals surface area contributed by atoms with E-state index in [-0.39, 0.29) is 13.2 Å². The normalized spacial score (nSPS) is 11.3. The van der Waals surface area contributed by atoms with Gasteiger partial charge in [-0.3, -0.25) is 10.5 Å². The largest absolute Gasteiger partial charge is 0.450 e. The molecule has 0 rings (SSSR count). The Balaban J connectivity index is 3.31. The monoisotopic (exact) mass is 307 g/mol. The van der Waals surface area contributed by atoms with E-state index < -0.39 is 17.4 Å². The van der Waals surface area contributed by atoms with Gasteiger partial charge in [-0.2, -0.15) is 0 Å². The van der Waals surface area contributed by atoms with E-state index in [1.165, 1.54) is 0 Å². The van der Waals surface area contributed by atoms with E-state index in [0.717, 1.165) is 0 Å². The first kappa shape index (κ1) is 18.9. The number of carbonyl (C=O) groups excluding carboxylic acids is 2. The number of alkyl carbamates (subject to hydrolysis) is 1. The standard InChI is InChI=1S/C11H21N3O7/c12-10(20-9-15)5-1-2-6-13-11(16)19-7-3-4-8-21-14(17)18/h9-10H,1-8,12H2,(H,13,16). The SMILES string of the molecule is NC(CCCCNC(=O)OCCCCO[N+](=O)[O-])OC=O. The molecule has 0 radical (unpaired) electrons. The molecular formula is C11H21N3O7. The number of hydrogen-bond acceptors (Lipinski definition) is 8. The van der Waals surface area contributed by atoms with Gasteiger partial charge in [-0.25, -0.2) is 4.79 Å². The highest BCUT2D eigenvalue weighted by molar-refractivity contribution is 5.66. The van der Waals surface area contributed by atoms with Gasteiger partial charge in [0, 0.05) is 6.54 Å². The summed E-state index contributed by atoms with van der Waals surface area (Å²) in [4.78, 5) is 35.1. The van der Waals surface area contributed by atoms with E-state index in [4.69, 9.17) is 10.5 Å². The molecule has 1 unspecified atom stereocenters. The van der Waals surface area contributed by atoms with Crippen LogP contribution in [0.5, 0.6) is 0 Å². The van der Waals surface area contributed by atoms with Crippen LogP contribution in [0.2, 0.25) is 0 Å². The summed E-state index contributed by atoms with van der Waals surface area (Å²) < 4.78 is 9.35. The maximum atomic E-state index is 11.2. The first-order valence-electron chi connectivity index (χ1n) is 6.59. The van der Waals surface area contributed by atoms with Crippen LogP contribution in [0, 0.1) is 10.1 Å². The number of nitrogens with one attached hydrogen (secondary N) is 1. The minimum atomic E-state index is -0.862. The summed E-state index contributed by atoms with van der Waals surface area (Å²) in [5.41, 5.74) is 5.43. The quantitative estimate of drug-likeness (QED) is 0.163. The van der Waals surface area contributed by atoms with Gasteiger partial charge in [0.25, 0.3) is 11.6 Å². The smallest absolute Gasteiger partial charge is 0.407 e. The lowest BCUT2D eigenvalue weighted by molar-refractivity contribution is -0.757. The van der Waals surface area contributed by atoms with Crippen molar-refractivity contribution in [3.8, 4) is 0 Å². The summed E-state index contributed by atoms with van der Waals surface area (Å²) in [7, 11) is 0. The van der Waals surface area contributed by atoms with Gasteiger partial charge in [0.15, 0.2) is 6.23 Å². The van der Waals surface area contributed by atoms with E-state index in [1.807, 2.05) is 0 Å². The second kappa shape index (κ2) is 12.9. The van der Waals surface area contributed by atoms with Crippen molar-refractivity contribution in [2.75, 3.05) is 19.8 Å². The van der Waals surface area contributed by atoms with Gasteiger partial charge in [-0.1, -0.05) is 0 Å². The van der Waals surface area contributed by atoms with Crippen LogP contribution in [0.4, 0.5) is 4.79 Å². The van der Waals surface area contributed by atoms with Crippen LogP contribution in [0.15, 0.2) is 0 Å². The van der Waals surface area contributed by atoms with Gasteiger partial charge in [0.1, 0.15) is 0 Å². The van der Waals surface area contributed by atoms with Gasteiger partial charge < -0.3 is 19.6 Å². The molecule has 3 N–H and O–H groups in total. The Bertz CT molecular complexity index is 314. The average Bonchev–Trinajstić information content (AvgIpc) is 2.42. The fraction of sp³-hybridized carbons (Fsp3) is 0.818. The van der Waals surface area contributed by atoms with Crippen molar-refractivity contribution in [3.05, 3.63) is 10.1 Å². The molecule has 10 heteroatoms. The molecule has 10 nitrogen and oxygen atoms in total. The number of nitrogens with two attached hydrogens (primary N) is 1. The van der Waals surface area contributed by atoms with Crippen molar-refractivity contribution in [1.82, 2.24) is 5.32 Å². The van der Waals surface area contributed by atoms with Gasteiger partial charge in [-0.15, -0.1) is 10.1 Å². The van der Waals surface area contributed by atoms with Crippen molar-refractivity contribution in [2.45, 2.75) is 38.3 Å². The molecule has 0 fully saturated rings. The number of hydrogen-bond donors (Lipinski definition) is 2. The Morgan fingerprint density at radius 1 is 1.29 bits per heavy atom. The van der Waals surface area contributed by atoms with Gasteiger partial charge in [0.05, 0.1) is 13.2 Å². The molecule has 0 aliphatic heterocycles. The van der Waals surface area contributed by atoms with Crippen LogP contribution < -0.4 is 11.1 Å². The van der Waals surface area contributed by atoms with Crippen molar-refractivity contribution in [2.24, 2.45) is 5.73 Å². The Hall–Kier alpha value is -2.10. The molecule has 0 bridgehead atoms. The van der Waals surface area contributed by atoms with Gasteiger partial charge in [0.2, 0.25) is 0 Å². The highest BCUT2D eigenvalue weighted by Gasteiger charge is 2.03. The summed E-state index contributed by atoms with van der Waals surface area (Å²) >= 11 is 0. The molecule has 122 valence electrons. The van der Waals surface area contributed by atoms with E-state index >= 15 is 0 Å². The molecule has 0 saturated heterocycles. The van der Waals surface area contributed by atoms with Crippen LogP contribution in [0.25, 0.3) is 0 Å². The maximum absolute atomic E-state index is 11.2. The van der Waals surface area contributed by atoms with Crippen LogP contribution in [0.3, 0.4) is 0 Å². The average molecular weight is 307 g/mol. The highest BCUT2D eigenvalue weighted by atomic mass is 16.9. The first-order chi connectivity index (χ1) is 10.1. The van der Waals surface area contributed by atoms with Gasteiger partial charge in [-0.05, 0) is 32.1 Å². The summed E-state index contributed by atoms with van der Waals surface area (Å²) in [6, 6.07) is 0. The molecule has 21 heavy (non-hydrogen) atoms. The van der Waals surface area contributed by atoms with E-state index in [0.29, 0.717) is 45.1 Å². The van der Waals surface area contributed by atoms with Crippen molar-refractivity contribution in [1.29, 1.82) is 0 Å². The molecule has 0 aromatic heterocycles. The third kappa shape index (κ3) is 14.1. The molecule has 0 spiro atoms. The summed E-state index contributed by atoms with van der Waals surface area (Å²) in [5.74, 6) is 0. The molecule has 0 heterocycles. The Labute approximate surface area is 122 Å². The van der Waals surface area contributed by atoms with Crippen LogP contribution in [0.1, 0.15) is 32.1 Å². The number of rotatable bonds is 13. The highest BCUT2D eigenvalue weighted by Crippen LogP contribution is 1.98. The zero-order valence-electron chi connectivity index (χ0n) is 11.7. The van der Waals surface area contributed by atoms with Crippen LogP contribution in [-0.2, 0) is 19.1 Å². The van der Waals surface area contributed by atoms with Crippen LogP contribution >= 0.6 is 0 Å². The number of carbonyl (C=O) groups is 2. The van der Waals surface area contributed by atoms with Crippen molar-refractivity contribution in [3.63, 3.8) is 0 Å². The van der Waals surface area contributed by atoms with E-state index in [1.54, 1.807) is 0 Å². The van der Waals surface area contributed by atoms with Gasteiger partial charge >= 0.3 is 6.09 Å². The fourth-order valence-corrected chi connectivity index (χ4v) is 1.36. The lowest BCUT2D eigenvalue weighted by Gasteiger charge is -2.09. The lowest BCUT2D eigenvalue weighted by Crippen LogP contribution is -2.27. The summed E-state index contributed by atoms with van der Waals surface area (Å²) in [6.07, 6.45) is 1.66. The summed E-state index contributed by atoms with van der Waals surface area (Å²) in [6.45, 7) is 0.889. The predicted octanol–water partition coefficient (Wildman–Crippen LogP) is 0.329. The molecule has 1 atom stereocenters. The van der Waals surface area contributed by atoms with Crippen molar-refractivity contribution < 1.29 is 29.0 Å². The third-order valence-corrected chi connectivity index (χ3v) is 2.38. The van der Waals surface area contributed by atoms with E-state index in [2.05, 4.69) is 14.9 Å². The first-order valence-corrected chi connectivity index (χ1v) is 6.59. The predicted molar refractivity (Wildman–Crippen MR) is 70.5 cm³/mol. The zero-order valence-corrected chi connectivity index (χ0v) is 11.7. The Kier molecular flexibility index (Phi) is 11.6. The third-order valence-electron chi connectivity index (χ3n) is 2.38. The molecule has 1 amide bonds. The second-order valence-corrected chi connectivity index (χ2v) is 4.09.